The van der Waals surface area contributed by atoms with Crippen LogP contribution in [0, 0.1) is 0 Å². The first-order valence-electron chi connectivity index (χ1n) is 8.56. The van der Waals surface area contributed by atoms with Crippen molar-refractivity contribution < 1.29 is 17.9 Å². The van der Waals surface area contributed by atoms with Gasteiger partial charge in [0.15, 0.2) is 15.0 Å². The largest absolute Gasteiger partial charge is 0.495 e. The molecule has 0 aliphatic carbocycles. The molecule has 0 saturated carbocycles. The van der Waals surface area contributed by atoms with Crippen molar-refractivity contribution in [3.63, 3.8) is 0 Å². The van der Waals surface area contributed by atoms with Gasteiger partial charge in [-0.25, -0.2) is 8.42 Å². The van der Waals surface area contributed by atoms with Crippen LogP contribution in [0.5, 0.6) is 5.75 Å². The Kier molecular flexibility index (Phi) is 5.11. The Morgan fingerprint density at radius 3 is 2.64 bits per heavy atom. The van der Waals surface area contributed by atoms with Crippen LogP contribution in [0.2, 0.25) is 5.02 Å². The Labute approximate surface area is 172 Å². The van der Waals surface area contributed by atoms with Gasteiger partial charge in [-0.2, -0.15) is 4.99 Å². The molecular formula is C19H17ClN2O4S2. The van der Waals surface area contributed by atoms with E-state index in [1.807, 2.05) is 11.0 Å². The van der Waals surface area contributed by atoms with Crippen LogP contribution in [-0.2, 0) is 9.84 Å². The number of hydrogen-bond donors (Lipinski definition) is 0. The normalized spacial score (nSPS) is 24.4. The summed E-state index contributed by atoms with van der Waals surface area (Å²) in [6.07, 6.45) is 0. The predicted octanol–water partition coefficient (Wildman–Crippen LogP) is 3.26. The summed E-state index contributed by atoms with van der Waals surface area (Å²) < 4.78 is 29.5. The second-order valence-corrected chi connectivity index (χ2v) is 10.3. The summed E-state index contributed by atoms with van der Waals surface area (Å²) in [5, 5.41) is 0.719. The lowest BCUT2D eigenvalue weighted by atomic mass is 10.2. The number of carbonyl (C=O) groups excluding carboxylic acids is 1. The highest BCUT2D eigenvalue weighted by atomic mass is 35.5. The van der Waals surface area contributed by atoms with E-state index in [2.05, 4.69) is 4.99 Å². The van der Waals surface area contributed by atoms with Crippen molar-refractivity contribution in [2.24, 2.45) is 4.99 Å². The van der Waals surface area contributed by atoms with Gasteiger partial charge >= 0.3 is 0 Å². The predicted molar refractivity (Wildman–Crippen MR) is 113 cm³/mol. The zero-order valence-electron chi connectivity index (χ0n) is 14.9. The van der Waals surface area contributed by atoms with E-state index in [1.54, 1.807) is 42.5 Å². The van der Waals surface area contributed by atoms with E-state index in [9.17, 15) is 13.2 Å². The van der Waals surface area contributed by atoms with Crippen molar-refractivity contribution in [1.29, 1.82) is 0 Å². The summed E-state index contributed by atoms with van der Waals surface area (Å²) in [5.74, 6) is 0.246. The fourth-order valence-electron chi connectivity index (χ4n) is 3.40. The molecule has 2 aliphatic heterocycles. The second-order valence-electron chi connectivity index (χ2n) is 6.55. The minimum atomic E-state index is -3.13. The molecule has 2 aromatic rings. The SMILES string of the molecule is COc1ccc(N2C(=NC(=O)c3ccccc3)S[C@@H]3CS(=O)(=O)C[C@@H]32)cc1Cl. The molecule has 0 aromatic heterocycles. The molecule has 146 valence electrons. The number of thioether (sulfide) groups is 1. The highest BCUT2D eigenvalue weighted by Gasteiger charge is 2.49. The fraction of sp³-hybridized carbons (Fsp3) is 0.263. The van der Waals surface area contributed by atoms with Gasteiger partial charge in [0.05, 0.1) is 29.7 Å². The molecule has 2 fully saturated rings. The van der Waals surface area contributed by atoms with Crippen LogP contribution in [0.3, 0.4) is 0 Å². The second kappa shape index (κ2) is 7.42. The molecule has 4 rings (SSSR count). The Bertz CT molecular complexity index is 1060. The molecule has 2 saturated heterocycles. The van der Waals surface area contributed by atoms with Gasteiger partial charge in [0.1, 0.15) is 5.75 Å². The van der Waals surface area contributed by atoms with Crippen LogP contribution < -0.4 is 9.64 Å². The van der Waals surface area contributed by atoms with E-state index in [1.165, 1.54) is 18.9 Å². The topological polar surface area (TPSA) is 76.0 Å². The third-order valence-electron chi connectivity index (χ3n) is 4.70. The van der Waals surface area contributed by atoms with Crippen LogP contribution >= 0.6 is 23.4 Å². The number of halogens is 1. The Hall–Kier alpha value is -2.03. The number of methoxy groups -OCH3 is 1. The van der Waals surface area contributed by atoms with E-state index in [4.69, 9.17) is 16.3 Å². The molecular weight excluding hydrogens is 420 g/mol. The molecule has 2 heterocycles. The number of nitrogens with zero attached hydrogens (tertiary/aromatic N) is 2. The van der Waals surface area contributed by atoms with Gasteiger partial charge in [-0.05, 0) is 30.3 Å². The molecule has 0 radical (unpaired) electrons. The lowest BCUT2D eigenvalue weighted by molar-refractivity contribution is 0.100. The molecule has 6 nitrogen and oxygen atoms in total. The number of benzene rings is 2. The monoisotopic (exact) mass is 436 g/mol. The summed E-state index contributed by atoms with van der Waals surface area (Å²) in [7, 11) is -1.61. The van der Waals surface area contributed by atoms with Crippen molar-refractivity contribution in [2.75, 3.05) is 23.5 Å². The van der Waals surface area contributed by atoms with E-state index in [0.29, 0.717) is 27.2 Å². The van der Waals surface area contributed by atoms with Crippen molar-refractivity contribution in [1.82, 2.24) is 0 Å². The standard InChI is InChI=1S/C19H17ClN2O4S2/c1-26-16-8-7-13(9-14(16)20)22-15-10-28(24,25)11-17(15)27-19(22)21-18(23)12-5-3-2-4-6-12/h2-9,15,17H,10-11H2,1H3/t15-,17+/m0/s1. The number of anilines is 1. The molecule has 9 heteroatoms. The molecule has 0 unspecified atom stereocenters. The van der Waals surface area contributed by atoms with Crippen molar-refractivity contribution in [3.8, 4) is 5.75 Å². The summed E-state index contributed by atoms with van der Waals surface area (Å²) in [6.45, 7) is 0. The third-order valence-corrected chi connectivity index (χ3v) is 8.20. The van der Waals surface area contributed by atoms with Crippen LogP contribution in [0.25, 0.3) is 0 Å². The first kappa shape index (κ1) is 19.3. The lowest BCUT2D eigenvalue weighted by Gasteiger charge is -2.25. The summed E-state index contributed by atoms with van der Waals surface area (Å²) in [5.41, 5.74) is 1.16. The maximum absolute atomic E-state index is 12.6. The molecule has 0 spiro atoms. The van der Waals surface area contributed by atoms with Crippen molar-refractivity contribution >= 4 is 50.0 Å². The molecule has 0 bridgehead atoms. The van der Waals surface area contributed by atoms with E-state index in [-0.39, 0.29) is 28.7 Å². The van der Waals surface area contributed by atoms with Crippen LogP contribution in [0.4, 0.5) is 5.69 Å². The maximum Gasteiger partial charge on any atom is 0.279 e. The first-order chi connectivity index (χ1) is 13.4. The highest BCUT2D eigenvalue weighted by Crippen LogP contribution is 2.42. The Balaban J connectivity index is 1.74. The van der Waals surface area contributed by atoms with Gasteiger partial charge in [-0.3, -0.25) is 4.79 Å². The molecule has 2 atom stereocenters. The molecule has 0 N–H and O–H groups in total. The van der Waals surface area contributed by atoms with E-state index < -0.39 is 9.84 Å². The quantitative estimate of drug-likeness (QED) is 0.735. The van der Waals surface area contributed by atoms with Crippen LogP contribution in [0.15, 0.2) is 53.5 Å². The minimum Gasteiger partial charge on any atom is -0.495 e. The number of fused-ring (bicyclic) bond motifs is 1. The molecule has 28 heavy (non-hydrogen) atoms. The lowest BCUT2D eigenvalue weighted by Crippen LogP contribution is -2.37. The van der Waals surface area contributed by atoms with Gasteiger partial charge in [-0.15, -0.1) is 0 Å². The Morgan fingerprint density at radius 1 is 1.21 bits per heavy atom. The zero-order valence-corrected chi connectivity index (χ0v) is 17.3. The van der Waals surface area contributed by atoms with Crippen LogP contribution in [0.1, 0.15) is 10.4 Å². The molecule has 1 amide bonds. The van der Waals surface area contributed by atoms with Gasteiger partial charge in [-0.1, -0.05) is 41.6 Å². The number of rotatable bonds is 3. The number of aliphatic imine (C=N–C) groups is 1. The van der Waals surface area contributed by atoms with Gasteiger partial charge in [0.25, 0.3) is 5.91 Å². The maximum atomic E-state index is 12.6. The summed E-state index contributed by atoms with van der Waals surface area (Å²) in [6, 6.07) is 13.7. The van der Waals surface area contributed by atoms with Gasteiger partial charge in [0.2, 0.25) is 0 Å². The summed E-state index contributed by atoms with van der Waals surface area (Å²) in [4.78, 5) is 18.7. The average Bonchev–Trinajstić information content (AvgIpc) is 3.13. The number of hydrogen-bond acceptors (Lipinski definition) is 5. The molecule has 2 aliphatic rings. The minimum absolute atomic E-state index is 0.0207. The van der Waals surface area contributed by atoms with E-state index >= 15 is 0 Å². The highest BCUT2D eigenvalue weighted by molar-refractivity contribution is 8.16. The van der Waals surface area contributed by atoms with Crippen molar-refractivity contribution in [3.05, 3.63) is 59.1 Å². The third kappa shape index (κ3) is 3.64. The number of sulfone groups is 1. The smallest absolute Gasteiger partial charge is 0.279 e. The number of ether oxygens (including phenoxy) is 1. The zero-order chi connectivity index (χ0) is 19.9. The van der Waals surface area contributed by atoms with Crippen molar-refractivity contribution in [2.45, 2.75) is 11.3 Å². The average molecular weight is 437 g/mol. The fourth-order valence-corrected chi connectivity index (χ4v) is 7.57. The number of carbonyl (C=O) groups is 1. The van der Waals surface area contributed by atoms with Gasteiger partial charge < -0.3 is 9.64 Å². The number of amidine groups is 1. The number of amides is 1. The van der Waals surface area contributed by atoms with E-state index in [0.717, 1.165) is 0 Å². The molecule has 2 aromatic carbocycles. The Morgan fingerprint density at radius 2 is 1.96 bits per heavy atom. The van der Waals surface area contributed by atoms with Gasteiger partial charge in [0, 0.05) is 16.5 Å². The first-order valence-corrected chi connectivity index (χ1v) is 11.6. The van der Waals surface area contributed by atoms with Crippen LogP contribution in [-0.4, -0.2) is 49.4 Å². The summed E-state index contributed by atoms with van der Waals surface area (Å²) >= 11 is 7.60.